The number of anilines is 1. The second kappa shape index (κ2) is 14.3. The zero-order chi connectivity index (χ0) is 31.9. The van der Waals surface area contributed by atoms with Crippen LogP contribution in [0, 0.1) is 12.8 Å². The van der Waals surface area contributed by atoms with E-state index >= 15 is 0 Å². The normalized spacial score (nSPS) is 12.6. The number of alkyl halides is 3. The Morgan fingerprint density at radius 1 is 0.977 bits per heavy atom. The number of nitrogens with zero attached hydrogens (tertiary/aromatic N) is 2. The van der Waals surface area contributed by atoms with Gasteiger partial charge in [-0.15, -0.1) is 0 Å². The first-order chi connectivity index (χ1) is 20.2. The van der Waals surface area contributed by atoms with Gasteiger partial charge < -0.3 is 10.2 Å². The van der Waals surface area contributed by atoms with Crippen molar-refractivity contribution in [3.63, 3.8) is 0 Å². The van der Waals surface area contributed by atoms with E-state index in [9.17, 15) is 31.2 Å². The molecule has 232 valence electrons. The molecule has 3 aromatic rings. The lowest BCUT2D eigenvalue weighted by Gasteiger charge is -2.33. The van der Waals surface area contributed by atoms with E-state index in [2.05, 4.69) is 5.32 Å². The molecule has 0 aliphatic carbocycles. The van der Waals surface area contributed by atoms with Gasteiger partial charge in [0.25, 0.3) is 10.0 Å². The van der Waals surface area contributed by atoms with Crippen molar-refractivity contribution in [1.29, 1.82) is 0 Å². The number of sulfonamides is 1. The molecule has 0 aliphatic rings. The van der Waals surface area contributed by atoms with Crippen molar-refractivity contribution in [2.45, 2.75) is 57.8 Å². The quantitative estimate of drug-likeness (QED) is 0.248. The van der Waals surface area contributed by atoms with Gasteiger partial charge >= 0.3 is 6.18 Å². The number of hydrogen-bond acceptors (Lipinski definition) is 4. The summed E-state index contributed by atoms with van der Waals surface area (Å²) in [6.45, 7) is 6.89. The molecule has 0 bridgehead atoms. The first kappa shape index (κ1) is 33.9. The Kier molecular flexibility index (Phi) is 11.3. The fraction of sp³-hybridized carbons (Fsp3) is 0.355. The first-order valence-electron chi connectivity index (χ1n) is 13.7. The fourth-order valence-electron chi connectivity index (χ4n) is 4.45. The number of carbonyl (C=O) groups is 2. The summed E-state index contributed by atoms with van der Waals surface area (Å²) in [5.41, 5.74) is -0.0704. The summed E-state index contributed by atoms with van der Waals surface area (Å²) in [6, 6.07) is 16.0. The van der Waals surface area contributed by atoms with Gasteiger partial charge in [-0.3, -0.25) is 13.9 Å². The maximum Gasteiger partial charge on any atom is 0.417 e. The first-order valence-corrected chi connectivity index (χ1v) is 15.5. The second-order valence-corrected chi connectivity index (χ2v) is 12.8. The van der Waals surface area contributed by atoms with E-state index in [-0.39, 0.29) is 23.8 Å². The zero-order valence-electron chi connectivity index (χ0n) is 24.4. The Morgan fingerprint density at radius 2 is 1.60 bits per heavy atom. The standard InChI is InChI=1S/C31H35ClF3N3O4S/c1-5-28(30(40)36-18-21(2)3)37(19-23-12-10-9-11-22(23)4)29(39)20-38(43(41,42)25-13-7-6-8-14-25)24-15-16-27(32)26(17-24)31(33,34)35/h6-17,21,28H,5,18-20H2,1-4H3,(H,36,40). The largest absolute Gasteiger partial charge is 0.417 e. The maximum atomic E-state index is 14.1. The molecule has 0 heterocycles. The van der Waals surface area contributed by atoms with Gasteiger partial charge in [0.15, 0.2) is 0 Å². The Balaban J connectivity index is 2.13. The average Bonchev–Trinajstić information content (AvgIpc) is 2.95. The van der Waals surface area contributed by atoms with Crippen LogP contribution in [-0.2, 0) is 32.3 Å². The molecule has 0 saturated heterocycles. The summed E-state index contributed by atoms with van der Waals surface area (Å²) in [6.07, 6.45) is -4.66. The monoisotopic (exact) mass is 637 g/mol. The minimum Gasteiger partial charge on any atom is -0.354 e. The molecule has 7 nitrogen and oxygen atoms in total. The maximum absolute atomic E-state index is 14.1. The lowest BCUT2D eigenvalue weighted by Crippen LogP contribution is -2.52. The lowest BCUT2D eigenvalue weighted by atomic mass is 10.1. The molecule has 1 atom stereocenters. The molecular formula is C31H35ClF3N3O4S. The molecular weight excluding hydrogens is 603 g/mol. The predicted octanol–water partition coefficient (Wildman–Crippen LogP) is 6.44. The van der Waals surface area contributed by atoms with Crippen molar-refractivity contribution in [2.75, 3.05) is 17.4 Å². The number of benzene rings is 3. The number of amides is 2. The van der Waals surface area contributed by atoms with Crippen LogP contribution >= 0.6 is 11.6 Å². The van der Waals surface area contributed by atoms with Crippen molar-refractivity contribution in [2.24, 2.45) is 5.92 Å². The second-order valence-electron chi connectivity index (χ2n) is 10.5. The average molecular weight is 638 g/mol. The number of halogens is 4. The number of carbonyl (C=O) groups excluding carboxylic acids is 2. The van der Waals surface area contributed by atoms with Gasteiger partial charge in [0.1, 0.15) is 12.6 Å². The van der Waals surface area contributed by atoms with Crippen molar-refractivity contribution in [3.05, 3.63) is 94.5 Å². The van der Waals surface area contributed by atoms with Gasteiger partial charge in [0, 0.05) is 13.1 Å². The topological polar surface area (TPSA) is 86.8 Å². The highest BCUT2D eigenvalue weighted by Crippen LogP contribution is 2.38. The third-order valence-corrected chi connectivity index (χ3v) is 8.94. The van der Waals surface area contributed by atoms with E-state index in [1.807, 2.05) is 32.9 Å². The van der Waals surface area contributed by atoms with E-state index in [0.29, 0.717) is 16.9 Å². The van der Waals surface area contributed by atoms with Crippen LogP contribution in [0.25, 0.3) is 0 Å². The molecule has 3 aromatic carbocycles. The van der Waals surface area contributed by atoms with Crippen molar-refractivity contribution in [3.8, 4) is 0 Å². The molecule has 1 unspecified atom stereocenters. The molecule has 3 rings (SSSR count). The van der Waals surface area contributed by atoms with Crippen LogP contribution in [0.1, 0.15) is 43.9 Å². The molecule has 0 spiro atoms. The van der Waals surface area contributed by atoms with Crippen LogP contribution in [-0.4, -0.2) is 44.3 Å². The summed E-state index contributed by atoms with van der Waals surface area (Å²) in [4.78, 5) is 28.5. The van der Waals surface area contributed by atoms with Crippen molar-refractivity contribution in [1.82, 2.24) is 10.2 Å². The molecule has 0 saturated carbocycles. The van der Waals surface area contributed by atoms with Gasteiger partial charge in [-0.05, 0) is 60.7 Å². The van der Waals surface area contributed by atoms with Crippen LogP contribution in [0.15, 0.2) is 77.7 Å². The fourth-order valence-corrected chi connectivity index (χ4v) is 6.10. The van der Waals surface area contributed by atoms with E-state index < -0.39 is 56.9 Å². The van der Waals surface area contributed by atoms with Crippen LogP contribution < -0.4 is 9.62 Å². The van der Waals surface area contributed by atoms with Gasteiger partial charge in [-0.2, -0.15) is 13.2 Å². The van der Waals surface area contributed by atoms with Crippen molar-refractivity contribution >= 4 is 39.1 Å². The molecule has 43 heavy (non-hydrogen) atoms. The highest BCUT2D eigenvalue weighted by atomic mass is 35.5. The predicted molar refractivity (Wildman–Crippen MR) is 161 cm³/mol. The third-order valence-electron chi connectivity index (χ3n) is 6.83. The minimum absolute atomic E-state index is 0.0211. The number of nitrogens with one attached hydrogen (secondary N) is 1. The van der Waals surface area contributed by atoms with Gasteiger partial charge in [-0.25, -0.2) is 8.42 Å². The van der Waals surface area contributed by atoms with E-state index in [1.165, 1.54) is 29.2 Å². The molecule has 0 aliphatic heterocycles. The van der Waals surface area contributed by atoms with Crippen LogP contribution in [0.2, 0.25) is 5.02 Å². The summed E-state index contributed by atoms with van der Waals surface area (Å²) in [5, 5.41) is 2.22. The van der Waals surface area contributed by atoms with Crippen molar-refractivity contribution < 1.29 is 31.2 Å². The van der Waals surface area contributed by atoms with Crippen LogP contribution in [0.4, 0.5) is 18.9 Å². The Bertz CT molecular complexity index is 1530. The number of hydrogen-bond donors (Lipinski definition) is 1. The minimum atomic E-state index is -4.88. The molecule has 0 fully saturated rings. The molecule has 0 aromatic heterocycles. The van der Waals surface area contributed by atoms with Crippen LogP contribution in [0.3, 0.4) is 0 Å². The van der Waals surface area contributed by atoms with Gasteiger partial charge in [0.2, 0.25) is 11.8 Å². The van der Waals surface area contributed by atoms with Crippen LogP contribution in [0.5, 0.6) is 0 Å². The number of rotatable bonds is 12. The zero-order valence-corrected chi connectivity index (χ0v) is 25.9. The number of aryl methyl sites for hydroxylation is 1. The summed E-state index contributed by atoms with van der Waals surface area (Å²) in [7, 11) is -4.54. The third kappa shape index (κ3) is 8.51. The molecule has 0 radical (unpaired) electrons. The van der Waals surface area contributed by atoms with E-state index in [0.717, 1.165) is 23.3 Å². The van der Waals surface area contributed by atoms with E-state index in [1.54, 1.807) is 25.1 Å². The summed E-state index contributed by atoms with van der Waals surface area (Å²) >= 11 is 5.82. The van der Waals surface area contributed by atoms with E-state index in [4.69, 9.17) is 11.6 Å². The summed E-state index contributed by atoms with van der Waals surface area (Å²) < 4.78 is 69.7. The Morgan fingerprint density at radius 3 is 2.19 bits per heavy atom. The Labute approximate surface area is 255 Å². The Hall–Kier alpha value is -3.57. The highest BCUT2D eigenvalue weighted by molar-refractivity contribution is 7.92. The SMILES string of the molecule is CCC(C(=O)NCC(C)C)N(Cc1ccccc1C)C(=O)CN(c1ccc(Cl)c(C(F)(F)F)c1)S(=O)(=O)c1ccccc1. The molecule has 12 heteroatoms. The lowest BCUT2D eigenvalue weighted by molar-refractivity contribution is -0.140. The smallest absolute Gasteiger partial charge is 0.354 e. The summed E-state index contributed by atoms with van der Waals surface area (Å²) in [5.74, 6) is -1.04. The van der Waals surface area contributed by atoms with Gasteiger partial charge in [-0.1, -0.05) is 74.8 Å². The van der Waals surface area contributed by atoms with Gasteiger partial charge in [0.05, 0.1) is 21.2 Å². The molecule has 2 amide bonds. The highest BCUT2D eigenvalue weighted by Gasteiger charge is 2.37. The molecule has 1 N–H and O–H groups in total.